The number of hydrogen-bond acceptors (Lipinski definition) is 5. The van der Waals surface area contributed by atoms with Gasteiger partial charge in [-0.2, -0.15) is 0 Å². The number of carbonyl (C=O) groups excluding carboxylic acids is 2. The van der Waals surface area contributed by atoms with Gasteiger partial charge in [-0.1, -0.05) is 19.1 Å². The van der Waals surface area contributed by atoms with Gasteiger partial charge < -0.3 is 4.74 Å². The van der Waals surface area contributed by atoms with Crippen molar-refractivity contribution in [2.75, 3.05) is 12.4 Å². The smallest absolute Gasteiger partial charge is 0.321 e. The fourth-order valence-corrected chi connectivity index (χ4v) is 3.01. The molecule has 0 amide bonds. The van der Waals surface area contributed by atoms with Crippen molar-refractivity contribution in [3.8, 4) is 0 Å². The first-order valence-electron chi connectivity index (χ1n) is 6.96. The van der Waals surface area contributed by atoms with Crippen LogP contribution in [0.15, 0.2) is 29.2 Å². The molecule has 0 heterocycles. The molecule has 0 bridgehead atoms. The summed E-state index contributed by atoms with van der Waals surface area (Å²) in [5, 5.41) is 0. The van der Waals surface area contributed by atoms with Gasteiger partial charge in [-0.3, -0.25) is 9.59 Å². The van der Waals surface area contributed by atoms with E-state index in [0.717, 1.165) is 12.8 Å². The van der Waals surface area contributed by atoms with E-state index in [4.69, 9.17) is 4.74 Å². The average molecular weight is 310 g/mol. The maximum Gasteiger partial charge on any atom is 0.321 e. The highest BCUT2D eigenvalue weighted by molar-refractivity contribution is 7.92. The van der Waals surface area contributed by atoms with Crippen LogP contribution in [0.2, 0.25) is 0 Å². The van der Waals surface area contributed by atoms with E-state index < -0.39 is 21.6 Å². The van der Waals surface area contributed by atoms with Crippen molar-refractivity contribution in [3.05, 3.63) is 29.8 Å². The lowest BCUT2D eigenvalue weighted by atomic mass is 10.1. The van der Waals surface area contributed by atoms with E-state index >= 15 is 0 Å². The van der Waals surface area contributed by atoms with Crippen molar-refractivity contribution in [3.63, 3.8) is 0 Å². The number of hydrogen-bond donors (Lipinski definition) is 0. The predicted octanol–water partition coefficient (Wildman–Crippen LogP) is 2.01. The maximum absolute atomic E-state index is 12.0. The van der Waals surface area contributed by atoms with Crippen LogP contribution in [0.4, 0.5) is 0 Å². The summed E-state index contributed by atoms with van der Waals surface area (Å²) < 4.78 is 28.9. The monoisotopic (exact) mass is 310 g/mol. The molecule has 6 heteroatoms. The predicted molar refractivity (Wildman–Crippen MR) is 76.8 cm³/mol. The lowest BCUT2D eigenvalue weighted by Gasteiger charge is -2.06. The Bertz CT molecular complexity index is 627. The Morgan fingerprint density at radius 2 is 1.81 bits per heavy atom. The third-order valence-electron chi connectivity index (χ3n) is 3.22. The Morgan fingerprint density at radius 1 is 1.19 bits per heavy atom. The van der Waals surface area contributed by atoms with Crippen molar-refractivity contribution in [1.82, 2.24) is 0 Å². The molecule has 0 atom stereocenters. The van der Waals surface area contributed by atoms with Crippen LogP contribution in [0.1, 0.15) is 36.5 Å². The molecule has 0 unspecified atom stereocenters. The van der Waals surface area contributed by atoms with Gasteiger partial charge in [0.2, 0.25) is 0 Å². The molecule has 114 valence electrons. The van der Waals surface area contributed by atoms with Gasteiger partial charge in [-0.15, -0.1) is 0 Å². The second kappa shape index (κ2) is 6.39. The molecule has 1 saturated carbocycles. The topological polar surface area (TPSA) is 77.5 Å². The highest BCUT2D eigenvalue weighted by Crippen LogP contribution is 2.32. The normalized spacial score (nSPS) is 14.7. The third-order valence-corrected chi connectivity index (χ3v) is 4.83. The molecule has 1 aromatic rings. The van der Waals surface area contributed by atoms with E-state index in [1.165, 1.54) is 24.3 Å². The molecular weight excluding hydrogens is 292 g/mol. The molecule has 0 saturated heterocycles. The molecule has 0 radical (unpaired) electrons. The summed E-state index contributed by atoms with van der Waals surface area (Å²) in [6.07, 6.45) is 2.45. The van der Waals surface area contributed by atoms with Gasteiger partial charge in [0, 0.05) is 11.5 Å². The molecule has 1 aliphatic carbocycles. The molecule has 0 spiro atoms. The minimum atomic E-state index is -3.72. The number of rotatable bonds is 7. The standard InChI is InChI=1S/C15H18O5S/c1-2-9-20-14(16)10-21(18,19)13-7-5-12(6-8-13)15(17)11-3-4-11/h5-8,11H,2-4,9-10H2,1H3. The minimum Gasteiger partial charge on any atom is -0.465 e. The van der Waals surface area contributed by atoms with Crippen molar-refractivity contribution >= 4 is 21.6 Å². The van der Waals surface area contributed by atoms with Gasteiger partial charge in [-0.05, 0) is 31.4 Å². The van der Waals surface area contributed by atoms with Gasteiger partial charge in [0.15, 0.2) is 21.4 Å². The molecule has 1 fully saturated rings. The summed E-state index contributed by atoms with van der Waals surface area (Å²) in [6.45, 7) is 2.04. The SMILES string of the molecule is CCCOC(=O)CS(=O)(=O)c1ccc(C(=O)C2CC2)cc1. The number of sulfone groups is 1. The number of ether oxygens (including phenoxy) is 1. The third kappa shape index (κ3) is 4.14. The van der Waals surface area contributed by atoms with E-state index in [1.807, 2.05) is 6.92 Å². The number of esters is 1. The van der Waals surface area contributed by atoms with Gasteiger partial charge in [0.25, 0.3) is 0 Å². The van der Waals surface area contributed by atoms with Crippen LogP contribution >= 0.6 is 0 Å². The van der Waals surface area contributed by atoms with Crippen molar-refractivity contribution < 1.29 is 22.7 Å². The van der Waals surface area contributed by atoms with Crippen LogP contribution in [0.25, 0.3) is 0 Å². The summed E-state index contributed by atoms with van der Waals surface area (Å²) >= 11 is 0. The molecule has 21 heavy (non-hydrogen) atoms. The zero-order valence-corrected chi connectivity index (χ0v) is 12.7. The molecule has 2 rings (SSSR count). The van der Waals surface area contributed by atoms with Gasteiger partial charge in [-0.25, -0.2) is 8.42 Å². The van der Waals surface area contributed by atoms with Crippen LogP contribution in [0.3, 0.4) is 0 Å². The van der Waals surface area contributed by atoms with E-state index in [-0.39, 0.29) is 23.2 Å². The second-order valence-electron chi connectivity index (χ2n) is 5.14. The highest BCUT2D eigenvalue weighted by Gasteiger charge is 2.30. The van der Waals surface area contributed by atoms with Crippen LogP contribution < -0.4 is 0 Å². The minimum absolute atomic E-state index is 0.0308. The fraction of sp³-hybridized carbons (Fsp3) is 0.467. The summed E-state index contributed by atoms with van der Waals surface area (Å²) in [4.78, 5) is 23.3. The summed E-state index contributed by atoms with van der Waals surface area (Å²) in [7, 11) is -3.72. The van der Waals surface area contributed by atoms with Crippen molar-refractivity contribution in [2.24, 2.45) is 5.92 Å². The fourth-order valence-electron chi connectivity index (χ4n) is 1.90. The summed E-state index contributed by atoms with van der Waals surface area (Å²) in [5.41, 5.74) is 0.519. The van der Waals surface area contributed by atoms with E-state index in [2.05, 4.69) is 0 Å². The Morgan fingerprint density at radius 3 is 2.33 bits per heavy atom. The zero-order chi connectivity index (χ0) is 15.5. The largest absolute Gasteiger partial charge is 0.465 e. The average Bonchev–Trinajstić information content (AvgIpc) is 3.28. The van der Waals surface area contributed by atoms with Crippen LogP contribution in [-0.2, 0) is 19.4 Å². The zero-order valence-electron chi connectivity index (χ0n) is 11.9. The van der Waals surface area contributed by atoms with Crippen LogP contribution in [0.5, 0.6) is 0 Å². The van der Waals surface area contributed by atoms with E-state index in [9.17, 15) is 18.0 Å². The number of Topliss-reactive ketones (excluding diaryl/α,β-unsaturated/α-hetero) is 1. The molecule has 1 aliphatic rings. The van der Waals surface area contributed by atoms with Crippen molar-refractivity contribution in [1.29, 1.82) is 0 Å². The first-order chi connectivity index (χ1) is 9.94. The highest BCUT2D eigenvalue weighted by atomic mass is 32.2. The van der Waals surface area contributed by atoms with Gasteiger partial charge in [0.1, 0.15) is 0 Å². The van der Waals surface area contributed by atoms with Gasteiger partial charge >= 0.3 is 5.97 Å². The maximum atomic E-state index is 12.0. The molecular formula is C15H18O5S. The number of benzene rings is 1. The molecule has 1 aromatic carbocycles. The Hall–Kier alpha value is -1.69. The molecule has 5 nitrogen and oxygen atoms in total. The lowest BCUT2D eigenvalue weighted by molar-refractivity contribution is -0.140. The first-order valence-corrected chi connectivity index (χ1v) is 8.62. The Balaban J connectivity index is 2.06. The summed E-state index contributed by atoms with van der Waals surface area (Å²) in [5.74, 6) is -1.28. The number of ketones is 1. The molecule has 0 aliphatic heterocycles. The van der Waals surface area contributed by atoms with Gasteiger partial charge in [0.05, 0.1) is 11.5 Å². The number of carbonyl (C=O) groups is 2. The molecule has 0 aromatic heterocycles. The lowest BCUT2D eigenvalue weighted by Crippen LogP contribution is -2.19. The van der Waals surface area contributed by atoms with Crippen LogP contribution in [0, 0.1) is 5.92 Å². The van der Waals surface area contributed by atoms with E-state index in [1.54, 1.807) is 0 Å². The molecule has 0 N–H and O–H groups in total. The Labute approximate surface area is 124 Å². The van der Waals surface area contributed by atoms with E-state index in [0.29, 0.717) is 12.0 Å². The van der Waals surface area contributed by atoms with Crippen molar-refractivity contribution in [2.45, 2.75) is 31.1 Å². The van der Waals surface area contributed by atoms with Crippen LogP contribution in [-0.4, -0.2) is 32.5 Å². The Kier molecular flexibility index (Phi) is 4.77. The summed E-state index contributed by atoms with van der Waals surface area (Å²) in [6, 6.07) is 5.76. The second-order valence-corrected chi connectivity index (χ2v) is 7.13. The quantitative estimate of drug-likeness (QED) is 0.568. The first kappa shape index (κ1) is 15.7.